The third kappa shape index (κ3) is 1.63. The van der Waals surface area contributed by atoms with Gasteiger partial charge < -0.3 is 0 Å². The first kappa shape index (κ1) is 9.51. The summed E-state index contributed by atoms with van der Waals surface area (Å²) in [5.74, 6) is -1.02. The number of ketones is 1. The average Bonchev–Trinajstić information content (AvgIpc) is 2.64. The molecule has 0 fully saturated rings. The molecule has 2 rings (SSSR count). The highest BCUT2D eigenvalue weighted by Gasteiger charge is 2.16. The van der Waals surface area contributed by atoms with Gasteiger partial charge in [0.05, 0.1) is 11.8 Å². The molecule has 15 heavy (non-hydrogen) atoms. The summed E-state index contributed by atoms with van der Waals surface area (Å²) >= 11 is 0. The molecule has 0 aliphatic heterocycles. The first-order valence-corrected chi connectivity index (χ1v) is 4.32. The Morgan fingerprint density at radius 1 is 1.40 bits per heavy atom. The number of carbonyl (C=O) groups excluding carboxylic acids is 1. The molecule has 5 heteroatoms. The Hall–Kier alpha value is -2.04. The molecule has 4 nitrogen and oxygen atoms in total. The van der Waals surface area contributed by atoms with E-state index < -0.39 is 11.6 Å². The summed E-state index contributed by atoms with van der Waals surface area (Å²) in [6.45, 7) is 0. The molecule has 0 aromatic carbocycles. The predicted molar refractivity (Wildman–Crippen MR) is 50.8 cm³/mol. The van der Waals surface area contributed by atoms with Gasteiger partial charge in [-0.15, -0.1) is 0 Å². The molecule has 0 saturated heterocycles. The zero-order chi connectivity index (χ0) is 10.8. The second-order valence-corrected chi connectivity index (χ2v) is 3.02. The van der Waals surface area contributed by atoms with Gasteiger partial charge in [-0.1, -0.05) is 0 Å². The summed E-state index contributed by atoms with van der Waals surface area (Å²) in [5, 5.41) is 3.85. The van der Waals surface area contributed by atoms with Crippen molar-refractivity contribution in [1.29, 1.82) is 0 Å². The van der Waals surface area contributed by atoms with Gasteiger partial charge in [0.1, 0.15) is 5.69 Å². The summed E-state index contributed by atoms with van der Waals surface area (Å²) in [5.41, 5.74) is 0.355. The molecule has 0 amide bonds. The minimum Gasteiger partial charge on any atom is -0.287 e. The topological polar surface area (TPSA) is 47.8 Å². The van der Waals surface area contributed by atoms with E-state index in [4.69, 9.17) is 0 Å². The standard InChI is InChI=1S/C10H8FN3O/c1-14-9(3-5-13-14)10(15)7-2-4-12-6-8(7)11/h2-6H,1H3. The molecule has 0 aliphatic carbocycles. The van der Waals surface area contributed by atoms with E-state index in [1.165, 1.54) is 23.1 Å². The Labute approximate surface area is 85.4 Å². The number of nitrogens with zero attached hydrogens (tertiary/aromatic N) is 3. The zero-order valence-corrected chi connectivity index (χ0v) is 8.01. The molecule has 0 bridgehead atoms. The van der Waals surface area contributed by atoms with Crippen molar-refractivity contribution in [3.8, 4) is 0 Å². The highest BCUT2D eigenvalue weighted by Crippen LogP contribution is 2.11. The molecule has 0 saturated carbocycles. The van der Waals surface area contributed by atoms with Crippen LogP contribution in [0.4, 0.5) is 4.39 Å². The summed E-state index contributed by atoms with van der Waals surface area (Å²) < 4.78 is 14.7. The number of aromatic nitrogens is 3. The first-order valence-electron chi connectivity index (χ1n) is 4.32. The summed E-state index contributed by atoms with van der Waals surface area (Å²) in [6.07, 6.45) is 3.89. The van der Waals surface area contributed by atoms with E-state index in [0.717, 1.165) is 6.20 Å². The quantitative estimate of drug-likeness (QED) is 0.692. The Morgan fingerprint density at radius 3 is 2.80 bits per heavy atom. The molecule has 0 atom stereocenters. The van der Waals surface area contributed by atoms with E-state index in [0.29, 0.717) is 5.69 Å². The van der Waals surface area contributed by atoms with Crippen molar-refractivity contribution in [3.05, 3.63) is 47.8 Å². The average molecular weight is 205 g/mol. The second kappa shape index (κ2) is 3.61. The number of pyridine rings is 1. The van der Waals surface area contributed by atoms with Gasteiger partial charge in [0, 0.05) is 19.4 Å². The minimum absolute atomic E-state index is 0.00796. The fourth-order valence-electron chi connectivity index (χ4n) is 1.29. The van der Waals surface area contributed by atoms with Crippen LogP contribution in [0.25, 0.3) is 0 Å². The molecule has 0 unspecified atom stereocenters. The third-order valence-electron chi connectivity index (χ3n) is 2.07. The molecular weight excluding hydrogens is 197 g/mol. The van der Waals surface area contributed by atoms with Gasteiger partial charge in [-0.25, -0.2) is 4.39 Å². The lowest BCUT2D eigenvalue weighted by molar-refractivity contribution is 0.102. The van der Waals surface area contributed by atoms with Crippen molar-refractivity contribution in [2.45, 2.75) is 0 Å². The van der Waals surface area contributed by atoms with E-state index in [-0.39, 0.29) is 5.56 Å². The van der Waals surface area contributed by atoms with E-state index in [2.05, 4.69) is 10.1 Å². The van der Waals surface area contributed by atoms with Gasteiger partial charge in [-0.2, -0.15) is 5.10 Å². The maximum absolute atomic E-state index is 13.3. The molecule has 2 aromatic heterocycles. The fraction of sp³-hybridized carbons (Fsp3) is 0.100. The van der Waals surface area contributed by atoms with Crippen molar-refractivity contribution in [3.63, 3.8) is 0 Å². The Bertz CT molecular complexity index is 507. The van der Waals surface area contributed by atoms with Crippen molar-refractivity contribution >= 4 is 5.78 Å². The molecule has 0 N–H and O–H groups in total. The molecular formula is C10H8FN3O. The van der Waals surface area contributed by atoms with E-state index in [1.807, 2.05) is 0 Å². The van der Waals surface area contributed by atoms with Gasteiger partial charge in [-0.05, 0) is 12.1 Å². The van der Waals surface area contributed by atoms with Crippen molar-refractivity contribution in [2.24, 2.45) is 7.05 Å². The number of carbonyl (C=O) groups is 1. The maximum atomic E-state index is 13.3. The smallest absolute Gasteiger partial charge is 0.214 e. The minimum atomic E-state index is -0.622. The van der Waals surface area contributed by atoms with Crippen molar-refractivity contribution in [2.75, 3.05) is 0 Å². The van der Waals surface area contributed by atoms with Gasteiger partial charge in [0.15, 0.2) is 5.82 Å². The van der Waals surface area contributed by atoms with Gasteiger partial charge in [-0.3, -0.25) is 14.5 Å². The summed E-state index contributed by atoms with van der Waals surface area (Å²) in [6, 6.07) is 2.90. The third-order valence-corrected chi connectivity index (χ3v) is 2.07. The molecule has 0 aliphatic rings. The van der Waals surface area contributed by atoms with Crippen LogP contribution in [0.5, 0.6) is 0 Å². The van der Waals surface area contributed by atoms with Crippen molar-refractivity contribution < 1.29 is 9.18 Å². The van der Waals surface area contributed by atoms with Crippen LogP contribution in [0.3, 0.4) is 0 Å². The number of hydrogen-bond acceptors (Lipinski definition) is 3. The monoisotopic (exact) mass is 205 g/mol. The second-order valence-electron chi connectivity index (χ2n) is 3.02. The van der Waals surface area contributed by atoms with Crippen LogP contribution in [0.1, 0.15) is 16.1 Å². The first-order chi connectivity index (χ1) is 7.20. The molecule has 2 aromatic rings. The summed E-state index contributed by atoms with van der Waals surface area (Å²) in [7, 11) is 1.63. The lowest BCUT2D eigenvalue weighted by Gasteiger charge is -2.01. The van der Waals surface area contributed by atoms with Crippen LogP contribution in [0.15, 0.2) is 30.7 Å². The van der Waals surface area contributed by atoms with Crippen LogP contribution in [0, 0.1) is 5.82 Å². The molecule has 0 spiro atoms. The zero-order valence-electron chi connectivity index (χ0n) is 8.01. The predicted octanol–water partition coefficient (Wildman–Crippen LogP) is 1.19. The summed E-state index contributed by atoms with van der Waals surface area (Å²) in [4.78, 5) is 15.4. The molecule has 0 radical (unpaired) electrons. The lowest BCUT2D eigenvalue weighted by Crippen LogP contribution is -2.10. The Kier molecular flexibility index (Phi) is 2.29. The number of aryl methyl sites for hydroxylation is 1. The normalized spacial score (nSPS) is 10.3. The molecule has 2 heterocycles. The lowest BCUT2D eigenvalue weighted by atomic mass is 10.1. The van der Waals surface area contributed by atoms with Gasteiger partial charge in [0.2, 0.25) is 5.78 Å². The maximum Gasteiger partial charge on any atom is 0.214 e. The number of hydrogen-bond donors (Lipinski definition) is 0. The van der Waals surface area contributed by atoms with Crippen LogP contribution in [-0.4, -0.2) is 20.5 Å². The van der Waals surface area contributed by atoms with E-state index in [9.17, 15) is 9.18 Å². The van der Waals surface area contributed by atoms with Crippen LogP contribution < -0.4 is 0 Å². The SMILES string of the molecule is Cn1nccc1C(=O)c1ccncc1F. The largest absolute Gasteiger partial charge is 0.287 e. The highest BCUT2D eigenvalue weighted by atomic mass is 19.1. The Morgan fingerprint density at radius 2 is 2.20 bits per heavy atom. The Balaban J connectivity index is 2.46. The van der Waals surface area contributed by atoms with Crippen LogP contribution >= 0.6 is 0 Å². The van der Waals surface area contributed by atoms with Crippen molar-refractivity contribution in [1.82, 2.24) is 14.8 Å². The van der Waals surface area contributed by atoms with Crippen LogP contribution in [0.2, 0.25) is 0 Å². The van der Waals surface area contributed by atoms with E-state index >= 15 is 0 Å². The van der Waals surface area contributed by atoms with Crippen LogP contribution in [-0.2, 0) is 7.05 Å². The van der Waals surface area contributed by atoms with Gasteiger partial charge >= 0.3 is 0 Å². The number of rotatable bonds is 2. The fourth-order valence-corrected chi connectivity index (χ4v) is 1.29. The highest BCUT2D eigenvalue weighted by molar-refractivity contribution is 6.07. The van der Waals surface area contributed by atoms with Gasteiger partial charge in [0.25, 0.3) is 0 Å². The molecule has 76 valence electrons. The van der Waals surface area contributed by atoms with E-state index in [1.54, 1.807) is 13.1 Å². The number of halogens is 1.